The lowest BCUT2D eigenvalue weighted by Gasteiger charge is -2.33. The molecule has 40 heavy (non-hydrogen) atoms. The summed E-state index contributed by atoms with van der Waals surface area (Å²) in [5.74, 6) is -0.0186. The highest BCUT2D eigenvalue weighted by molar-refractivity contribution is 6.31. The van der Waals surface area contributed by atoms with Crippen molar-refractivity contribution in [2.45, 2.75) is 78.8 Å². The van der Waals surface area contributed by atoms with Gasteiger partial charge in [-0.15, -0.1) is 0 Å². The first-order valence-electron chi connectivity index (χ1n) is 13.6. The van der Waals surface area contributed by atoms with Crippen LogP contribution in [0.1, 0.15) is 62.0 Å². The number of aliphatic carboxylic acids is 1. The van der Waals surface area contributed by atoms with Crippen LogP contribution in [0.4, 0.5) is 0 Å². The van der Waals surface area contributed by atoms with Gasteiger partial charge in [-0.1, -0.05) is 87.3 Å². The van der Waals surface area contributed by atoms with E-state index in [1.54, 1.807) is 6.08 Å². The SMILES string of the molecule is CCCCc1nc(CC(C)(C)C(O[Si]C)O[Si]C)c(/C=C(\Cc2ccccc2)C(=O)O)n1Cc1ccccc1Cl. The number of hydrogen-bond donors (Lipinski definition) is 1. The van der Waals surface area contributed by atoms with Gasteiger partial charge in [-0.3, -0.25) is 0 Å². The molecule has 0 spiro atoms. The molecule has 0 atom stereocenters. The van der Waals surface area contributed by atoms with E-state index in [2.05, 4.69) is 25.3 Å². The van der Waals surface area contributed by atoms with Crippen LogP contribution >= 0.6 is 11.6 Å². The molecule has 0 saturated carbocycles. The molecule has 1 N–H and O–H groups in total. The van der Waals surface area contributed by atoms with Gasteiger partial charge in [0.05, 0.1) is 17.9 Å². The Kier molecular flexibility index (Phi) is 12.4. The van der Waals surface area contributed by atoms with Crippen LogP contribution in [0.5, 0.6) is 0 Å². The Morgan fingerprint density at radius 3 is 2.35 bits per heavy atom. The van der Waals surface area contributed by atoms with E-state index >= 15 is 0 Å². The van der Waals surface area contributed by atoms with E-state index in [0.29, 0.717) is 30.0 Å². The summed E-state index contributed by atoms with van der Waals surface area (Å²) in [6.45, 7) is 10.9. The normalized spacial score (nSPS) is 12.3. The lowest BCUT2D eigenvalue weighted by Crippen LogP contribution is -2.38. The molecule has 1 heterocycles. The summed E-state index contributed by atoms with van der Waals surface area (Å²) in [6.07, 6.45) is 5.07. The third kappa shape index (κ3) is 8.75. The highest BCUT2D eigenvalue weighted by atomic mass is 35.5. The molecule has 9 heteroatoms. The number of halogens is 1. The van der Waals surface area contributed by atoms with Crippen molar-refractivity contribution < 1.29 is 18.8 Å². The number of carboxylic acid groups (broad SMARTS) is 1. The summed E-state index contributed by atoms with van der Waals surface area (Å²) < 4.78 is 14.2. The minimum atomic E-state index is -0.946. The van der Waals surface area contributed by atoms with E-state index in [4.69, 9.17) is 25.4 Å². The highest BCUT2D eigenvalue weighted by Crippen LogP contribution is 2.32. The quantitative estimate of drug-likeness (QED) is 0.111. The van der Waals surface area contributed by atoms with Crippen LogP contribution in [0.3, 0.4) is 0 Å². The molecule has 0 bridgehead atoms. The van der Waals surface area contributed by atoms with Crippen LogP contribution in [-0.2, 0) is 39.5 Å². The van der Waals surface area contributed by atoms with Crippen molar-refractivity contribution in [1.29, 1.82) is 0 Å². The van der Waals surface area contributed by atoms with Crippen molar-refractivity contribution >= 4 is 43.2 Å². The number of benzene rings is 2. The number of aromatic nitrogens is 2. The molecule has 3 rings (SSSR count). The minimum Gasteiger partial charge on any atom is -0.478 e. The van der Waals surface area contributed by atoms with Crippen molar-refractivity contribution in [3.8, 4) is 0 Å². The number of carbonyl (C=O) groups is 1. The van der Waals surface area contributed by atoms with Gasteiger partial charge in [-0.05, 0) is 42.8 Å². The summed E-state index contributed by atoms with van der Waals surface area (Å²) >= 11 is 6.60. The van der Waals surface area contributed by atoms with Gasteiger partial charge >= 0.3 is 5.97 Å². The summed E-state index contributed by atoms with van der Waals surface area (Å²) in [5, 5.41) is 10.9. The largest absolute Gasteiger partial charge is 0.478 e. The van der Waals surface area contributed by atoms with E-state index in [9.17, 15) is 9.90 Å². The van der Waals surface area contributed by atoms with Gasteiger partial charge in [-0.2, -0.15) is 0 Å². The number of unbranched alkanes of at least 4 members (excludes halogenated alkanes) is 1. The first-order chi connectivity index (χ1) is 19.2. The molecule has 0 unspecified atom stereocenters. The average molecular weight is 595 g/mol. The summed E-state index contributed by atoms with van der Waals surface area (Å²) in [4.78, 5) is 17.7. The fourth-order valence-corrected chi connectivity index (χ4v) is 6.05. The zero-order chi connectivity index (χ0) is 29.1. The smallest absolute Gasteiger partial charge is 0.331 e. The molecule has 0 aliphatic heterocycles. The second-order valence-corrected chi connectivity index (χ2v) is 12.1. The maximum atomic E-state index is 12.5. The Labute approximate surface area is 248 Å². The maximum absolute atomic E-state index is 12.5. The molecule has 0 aliphatic rings. The zero-order valence-electron chi connectivity index (χ0n) is 24.0. The number of carboxylic acids is 1. The van der Waals surface area contributed by atoms with Gasteiger partial charge in [0.15, 0.2) is 0 Å². The molecule has 0 aliphatic carbocycles. The summed E-state index contributed by atoms with van der Waals surface area (Å²) in [6, 6.07) is 17.5. The first kappa shape index (κ1) is 32.0. The van der Waals surface area contributed by atoms with Gasteiger partial charge in [-0.25, -0.2) is 9.78 Å². The van der Waals surface area contributed by atoms with Crippen molar-refractivity contribution in [2.75, 3.05) is 0 Å². The molecule has 3 aromatic rings. The van der Waals surface area contributed by atoms with Crippen molar-refractivity contribution in [3.63, 3.8) is 0 Å². The van der Waals surface area contributed by atoms with Gasteiger partial charge in [0.25, 0.3) is 0 Å². The van der Waals surface area contributed by atoms with Gasteiger partial charge in [0.1, 0.15) is 12.1 Å². The second-order valence-electron chi connectivity index (χ2n) is 10.4. The predicted molar refractivity (Wildman–Crippen MR) is 164 cm³/mol. The topological polar surface area (TPSA) is 73.6 Å². The molecular weight excluding hydrogens is 556 g/mol. The molecule has 212 valence electrons. The fraction of sp³-hybridized carbons (Fsp3) is 0.419. The third-order valence-corrected chi connectivity index (χ3v) is 8.00. The number of nitrogens with zero attached hydrogens (tertiary/aromatic N) is 2. The molecule has 2 aromatic carbocycles. The van der Waals surface area contributed by atoms with Crippen molar-refractivity contribution in [3.05, 3.63) is 93.5 Å². The number of imidazole rings is 1. The van der Waals surface area contributed by atoms with Crippen LogP contribution in [0.15, 0.2) is 60.2 Å². The number of rotatable bonds is 16. The van der Waals surface area contributed by atoms with Gasteiger partial charge in [0.2, 0.25) is 19.5 Å². The Bertz CT molecular complexity index is 1270. The Morgan fingerprint density at radius 2 is 1.75 bits per heavy atom. The third-order valence-electron chi connectivity index (χ3n) is 6.74. The molecule has 0 saturated heterocycles. The lowest BCUT2D eigenvalue weighted by atomic mass is 9.86. The van der Waals surface area contributed by atoms with Crippen LogP contribution in [-0.4, -0.2) is 46.4 Å². The molecule has 0 amide bonds. The van der Waals surface area contributed by atoms with Gasteiger partial charge in [0, 0.05) is 35.3 Å². The monoisotopic (exact) mass is 594 g/mol. The standard InChI is InChI=1S/C31H39ClN2O4Si2/c1-6-7-17-28-33-26(20-31(2,3)30(37-39-4)38-40-5)27(34(28)21-23-15-11-12-16-25(23)32)19-24(29(35)36)18-22-13-9-8-10-14-22/h8-16,19,30H,6-7,17-18,20-21H2,1-5H3,(H,35,36)/b24-19+. The first-order valence-corrected chi connectivity index (χ1v) is 16.8. The van der Waals surface area contributed by atoms with Crippen LogP contribution in [0.2, 0.25) is 18.1 Å². The van der Waals surface area contributed by atoms with Gasteiger partial charge < -0.3 is 18.5 Å². The average Bonchev–Trinajstić information content (AvgIpc) is 3.23. The van der Waals surface area contributed by atoms with Crippen molar-refractivity contribution in [1.82, 2.24) is 9.55 Å². The van der Waals surface area contributed by atoms with E-state index in [0.717, 1.165) is 47.6 Å². The second kappa shape index (κ2) is 15.5. The maximum Gasteiger partial charge on any atom is 0.331 e. The molecule has 1 aromatic heterocycles. The van der Waals surface area contributed by atoms with Crippen LogP contribution < -0.4 is 0 Å². The van der Waals surface area contributed by atoms with E-state index in [-0.39, 0.29) is 19.5 Å². The summed E-state index contributed by atoms with van der Waals surface area (Å²) in [5.41, 5.74) is 3.44. The zero-order valence-corrected chi connectivity index (χ0v) is 26.8. The Balaban J connectivity index is 2.20. The number of hydrogen-bond acceptors (Lipinski definition) is 4. The van der Waals surface area contributed by atoms with Crippen LogP contribution in [0.25, 0.3) is 6.08 Å². The van der Waals surface area contributed by atoms with Crippen LogP contribution in [0, 0.1) is 5.41 Å². The fourth-order valence-electron chi connectivity index (χ4n) is 4.60. The molecule has 6 nitrogen and oxygen atoms in total. The van der Waals surface area contributed by atoms with E-state index in [1.807, 2.05) is 67.7 Å². The summed E-state index contributed by atoms with van der Waals surface area (Å²) in [7, 11) is 0.576. The molecule has 0 fully saturated rings. The molecule has 4 radical (unpaired) electrons. The number of aryl methyl sites for hydroxylation is 1. The van der Waals surface area contributed by atoms with E-state index < -0.39 is 17.7 Å². The minimum absolute atomic E-state index is 0.288. The highest BCUT2D eigenvalue weighted by Gasteiger charge is 2.33. The van der Waals surface area contributed by atoms with Crippen molar-refractivity contribution in [2.24, 2.45) is 5.41 Å². The lowest BCUT2D eigenvalue weighted by molar-refractivity contribution is -0.132. The Morgan fingerprint density at radius 1 is 1.10 bits per heavy atom. The predicted octanol–water partition coefficient (Wildman–Crippen LogP) is 6.90. The van der Waals surface area contributed by atoms with E-state index in [1.165, 1.54) is 0 Å². The Hall–Kier alpha value is -2.50. The molecular formula is C31H39ClN2O4Si2.